The summed E-state index contributed by atoms with van der Waals surface area (Å²) in [4.78, 5) is 32.5. The molecule has 0 saturated carbocycles. The Kier molecular flexibility index (Phi) is 16.1. The van der Waals surface area contributed by atoms with Gasteiger partial charge < -0.3 is 26.8 Å². The van der Waals surface area contributed by atoms with Gasteiger partial charge in [0.2, 0.25) is 0 Å². The second-order valence-corrected chi connectivity index (χ2v) is 36.2. The second-order valence-electron chi connectivity index (χ2n) is 36.2. The van der Waals surface area contributed by atoms with Crippen molar-refractivity contribution in [2.75, 3.05) is 0 Å². The highest BCUT2D eigenvalue weighted by molar-refractivity contribution is 6.29. The molecule has 0 fully saturated rings. The van der Waals surface area contributed by atoms with Crippen molar-refractivity contribution in [2.24, 2.45) is 0 Å². The van der Waals surface area contributed by atoms with E-state index >= 15 is 0 Å². The maximum Gasteiger partial charge on any atom is 0.167 e. The first-order valence-corrected chi connectivity index (χ1v) is 46.6. The highest BCUT2D eigenvalue weighted by atomic mass is 16.3. The standard InChI is InChI=1S/C126H70N8O4/c1-3-21-71(22-4-1)73-39-43-76(44-40-73)121-127-123(83-50-55-94-92-30-13-17-35-109(92)135-113(94)67-83)131-125(129-121)103-63-82-49-53-88(69-100(82)118-98-34-16-20-38-112(98)138-120(103)118)133-105-58-52-75-25-9-10-28-89(75)115(105)101-62-80-47-48-81(59-85(80)66-107(101)133)99-70-108-116(96-32-12-11-29-91(96)99)102-61-78-26-7-8-27-79(78)65-106(102)134(108)87-54-57-90-86(60-87)64-104(119-117(90)97-33-15-19-37-111(97)137-119)126-130-122(77-45-41-74(42-46-77)72-23-5-2-6-24-72)128-124(132-126)84-51-56-95-93-31-14-18-36-110(93)136-114(95)68-84/h1-70H. The van der Waals surface area contributed by atoms with E-state index in [2.05, 4.69) is 361 Å². The number of rotatable bonds is 11. The summed E-state index contributed by atoms with van der Waals surface area (Å²) in [5, 5.41) is 26.0. The molecule has 8 heterocycles. The first-order valence-electron chi connectivity index (χ1n) is 46.6. The molecule has 0 atom stereocenters. The normalized spacial score (nSPS) is 12.2. The summed E-state index contributed by atoms with van der Waals surface area (Å²) in [7, 11) is 0. The Bertz CT molecular complexity index is 10500. The van der Waals surface area contributed by atoms with Crippen LogP contribution in [0.3, 0.4) is 0 Å². The van der Waals surface area contributed by atoms with Crippen LogP contribution in [0.2, 0.25) is 0 Å². The van der Waals surface area contributed by atoms with Crippen molar-refractivity contribution < 1.29 is 17.7 Å². The van der Waals surface area contributed by atoms with Crippen LogP contribution in [0.25, 0.3) is 309 Å². The predicted octanol–water partition coefficient (Wildman–Crippen LogP) is 33.8. The van der Waals surface area contributed by atoms with Crippen LogP contribution in [0.4, 0.5) is 0 Å². The van der Waals surface area contributed by atoms with Crippen LogP contribution >= 0.6 is 0 Å². The Morgan fingerprint density at radius 2 is 0.529 bits per heavy atom. The van der Waals surface area contributed by atoms with Gasteiger partial charge in [0.25, 0.3) is 0 Å². The Morgan fingerprint density at radius 1 is 0.152 bits per heavy atom. The lowest BCUT2D eigenvalue weighted by Crippen LogP contribution is -2.01. The molecule has 0 N–H and O–H groups in total. The lowest BCUT2D eigenvalue weighted by molar-refractivity contribution is 0.668. The van der Waals surface area contributed by atoms with Crippen LogP contribution < -0.4 is 0 Å². The molecule has 30 aromatic rings. The fourth-order valence-corrected chi connectivity index (χ4v) is 22.0. The molecule has 30 rings (SSSR count). The van der Waals surface area contributed by atoms with Crippen molar-refractivity contribution in [3.63, 3.8) is 0 Å². The van der Waals surface area contributed by atoms with Gasteiger partial charge in [-0.25, -0.2) is 29.9 Å². The van der Waals surface area contributed by atoms with E-state index in [0.29, 0.717) is 46.1 Å². The minimum Gasteiger partial charge on any atom is -0.456 e. The van der Waals surface area contributed by atoms with Crippen molar-refractivity contribution in [1.82, 2.24) is 39.0 Å². The van der Waals surface area contributed by atoms with E-state index in [1.54, 1.807) is 0 Å². The molecule has 0 aliphatic heterocycles. The average Bonchev–Trinajstić information content (AvgIpc) is 1.54. The Morgan fingerprint density at radius 3 is 1.12 bits per heavy atom. The Labute approximate surface area is 785 Å². The smallest absolute Gasteiger partial charge is 0.167 e. The molecule has 0 amide bonds. The van der Waals surface area contributed by atoms with Crippen LogP contribution in [0, 0.1) is 0 Å². The molecule has 0 saturated heterocycles. The summed E-state index contributed by atoms with van der Waals surface area (Å²) in [5.74, 6) is 3.03. The van der Waals surface area contributed by atoms with E-state index in [-0.39, 0.29) is 0 Å². The van der Waals surface area contributed by atoms with Gasteiger partial charge in [-0.3, -0.25) is 0 Å². The van der Waals surface area contributed by atoms with Gasteiger partial charge in [-0.1, -0.05) is 297 Å². The van der Waals surface area contributed by atoms with Gasteiger partial charge >= 0.3 is 0 Å². The summed E-state index contributed by atoms with van der Waals surface area (Å²) in [6.45, 7) is 0. The maximum atomic E-state index is 7.19. The van der Waals surface area contributed by atoms with Crippen LogP contribution in [-0.4, -0.2) is 39.0 Å². The number of benzene rings is 22. The summed E-state index contributed by atoms with van der Waals surface area (Å²) in [6.07, 6.45) is 0. The fraction of sp³-hybridized carbons (Fsp3) is 0. The highest BCUT2D eigenvalue weighted by Gasteiger charge is 2.29. The van der Waals surface area contributed by atoms with Gasteiger partial charge in [0.15, 0.2) is 34.9 Å². The minimum atomic E-state index is 0.474. The third-order valence-electron chi connectivity index (χ3n) is 28.5. The predicted molar refractivity (Wildman–Crippen MR) is 565 cm³/mol. The molecule has 638 valence electrons. The van der Waals surface area contributed by atoms with Crippen LogP contribution in [0.15, 0.2) is 442 Å². The van der Waals surface area contributed by atoms with Gasteiger partial charge in [-0.15, -0.1) is 0 Å². The second kappa shape index (κ2) is 29.4. The van der Waals surface area contributed by atoms with Gasteiger partial charge in [-0.05, 0) is 225 Å². The summed E-state index contributed by atoms with van der Waals surface area (Å²) >= 11 is 0. The molecule has 8 aromatic heterocycles. The Balaban J connectivity index is 0.594. The number of hydrogen-bond acceptors (Lipinski definition) is 10. The van der Waals surface area contributed by atoms with E-state index in [1.807, 2.05) is 72.8 Å². The maximum absolute atomic E-state index is 7.19. The quantitative estimate of drug-likeness (QED) is 0.123. The van der Waals surface area contributed by atoms with Crippen molar-refractivity contribution in [3.8, 4) is 113 Å². The lowest BCUT2D eigenvalue weighted by atomic mass is 9.93. The molecule has 138 heavy (non-hydrogen) atoms. The van der Waals surface area contributed by atoms with E-state index < -0.39 is 0 Å². The number of hydrogen-bond donors (Lipinski definition) is 0. The molecule has 0 bridgehead atoms. The molecule has 12 heteroatoms. The average molecular weight is 1760 g/mol. The summed E-state index contributed by atoms with van der Waals surface area (Å²) < 4.78 is 32.3. The topological polar surface area (TPSA) is 140 Å². The zero-order chi connectivity index (χ0) is 90.1. The summed E-state index contributed by atoms with van der Waals surface area (Å²) in [5.41, 5.74) is 23.8. The number of aromatic nitrogens is 8. The molecular formula is C126H70N8O4. The Hall–Kier alpha value is -18.8. The molecule has 0 aliphatic rings. The lowest BCUT2D eigenvalue weighted by Gasteiger charge is -2.14. The van der Waals surface area contributed by atoms with E-state index in [1.165, 1.54) is 26.9 Å². The van der Waals surface area contributed by atoms with E-state index in [4.69, 9.17) is 47.6 Å². The third-order valence-corrected chi connectivity index (χ3v) is 28.5. The summed E-state index contributed by atoms with van der Waals surface area (Å²) in [6, 6.07) is 152. The molecular weight excluding hydrogens is 1690 g/mol. The van der Waals surface area contributed by atoms with Gasteiger partial charge in [-0.2, -0.15) is 0 Å². The van der Waals surface area contributed by atoms with Crippen LogP contribution in [-0.2, 0) is 0 Å². The molecule has 22 aromatic carbocycles. The van der Waals surface area contributed by atoms with E-state index in [0.717, 1.165) is 236 Å². The van der Waals surface area contributed by atoms with Gasteiger partial charge in [0.05, 0.1) is 33.2 Å². The first-order chi connectivity index (χ1) is 68.3. The first kappa shape index (κ1) is 75.8. The SMILES string of the molecule is c1ccc(-c2ccc(-c3nc(-c4ccc5c(c4)oc4ccccc45)nc(-c4cc5cc(-n6c7cc8ccccc8cc7c7c8ccccc8c(-c8ccc9cc%10c%11c%12ccccc%12ccc%11n(-c%11ccc%12cc(-c%13nc(-c%14ccc(-c%15ccccc%15)cc%14)nc(-c%14ccc%15c(c%14)oc%14ccccc%14%15)n%13)c%13oc%14ccccc%14c%13c%12c%11)c%10cc9c8)cc76)ccc5c5c4oc4ccccc45)n3)cc2)cc1. The van der Waals surface area contributed by atoms with Gasteiger partial charge in [0.1, 0.15) is 44.7 Å². The molecule has 0 aliphatic carbocycles. The molecule has 12 nitrogen and oxygen atoms in total. The fourth-order valence-electron chi connectivity index (χ4n) is 22.0. The zero-order valence-electron chi connectivity index (χ0n) is 73.6. The zero-order valence-corrected chi connectivity index (χ0v) is 73.6. The number of nitrogens with zero attached hydrogens (tertiary/aromatic N) is 8. The number of furan rings is 4. The molecule has 0 radical (unpaired) electrons. The molecule has 0 spiro atoms. The highest BCUT2D eigenvalue weighted by Crippen LogP contribution is 2.50. The van der Waals surface area contributed by atoms with Crippen LogP contribution in [0.1, 0.15) is 0 Å². The largest absolute Gasteiger partial charge is 0.456 e. The third kappa shape index (κ3) is 11.7. The van der Waals surface area contributed by atoms with Crippen molar-refractivity contribution in [2.45, 2.75) is 0 Å². The number of fused-ring (bicyclic) bond motifs is 28. The van der Waals surface area contributed by atoms with E-state index in [9.17, 15) is 0 Å². The van der Waals surface area contributed by atoms with Crippen LogP contribution in [0.5, 0.6) is 0 Å². The van der Waals surface area contributed by atoms with Crippen molar-refractivity contribution >= 4 is 196 Å². The molecule has 0 unspecified atom stereocenters. The van der Waals surface area contributed by atoms with Crippen molar-refractivity contribution in [3.05, 3.63) is 425 Å². The monoisotopic (exact) mass is 1760 g/mol. The minimum absolute atomic E-state index is 0.474. The van der Waals surface area contributed by atoms with Crippen molar-refractivity contribution in [1.29, 1.82) is 0 Å². The van der Waals surface area contributed by atoms with Gasteiger partial charge in [0, 0.05) is 98.3 Å². The number of para-hydroxylation sites is 4.